The van der Waals surface area contributed by atoms with Gasteiger partial charge in [0.05, 0.1) is 26.4 Å². The van der Waals surface area contributed by atoms with E-state index < -0.39 is 0 Å². The van der Waals surface area contributed by atoms with Crippen LogP contribution in [-0.4, -0.2) is 38.5 Å². The average Bonchev–Trinajstić information content (AvgIpc) is 3.29. The lowest BCUT2D eigenvalue weighted by atomic mass is 10.2. The van der Waals surface area contributed by atoms with Crippen molar-refractivity contribution in [2.24, 2.45) is 0 Å². The van der Waals surface area contributed by atoms with Crippen molar-refractivity contribution in [3.05, 3.63) is 42.0 Å². The molecule has 0 unspecified atom stereocenters. The predicted octanol–water partition coefficient (Wildman–Crippen LogP) is 2.49. The SMILES string of the molecule is CCOC(=O)/C=C/[C@@H]1O[C@H]1CCOCc1ccc(OC)cc1. The highest BCUT2D eigenvalue weighted by Crippen LogP contribution is 2.26. The van der Waals surface area contributed by atoms with Gasteiger partial charge in [-0.2, -0.15) is 0 Å². The van der Waals surface area contributed by atoms with Crippen molar-refractivity contribution in [2.75, 3.05) is 20.3 Å². The Morgan fingerprint density at radius 3 is 2.77 bits per heavy atom. The van der Waals surface area contributed by atoms with Gasteiger partial charge in [-0.05, 0) is 37.1 Å². The van der Waals surface area contributed by atoms with E-state index in [0.717, 1.165) is 17.7 Å². The van der Waals surface area contributed by atoms with Gasteiger partial charge in [-0.3, -0.25) is 0 Å². The summed E-state index contributed by atoms with van der Waals surface area (Å²) >= 11 is 0. The summed E-state index contributed by atoms with van der Waals surface area (Å²) in [6.07, 6.45) is 4.13. The Hall–Kier alpha value is -1.85. The fourth-order valence-corrected chi connectivity index (χ4v) is 2.03. The van der Waals surface area contributed by atoms with Crippen LogP contribution in [0, 0.1) is 0 Å². The van der Waals surface area contributed by atoms with E-state index in [1.54, 1.807) is 20.1 Å². The van der Waals surface area contributed by atoms with Crippen molar-refractivity contribution < 1.29 is 23.7 Å². The van der Waals surface area contributed by atoms with Gasteiger partial charge in [0.15, 0.2) is 0 Å². The number of hydrogen-bond donors (Lipinski definition) is 0. The number of benzene rings is 1. The number of epoxide rings is 1. The molecule has 1 saturated heterocycles. The smallest absolute Gasteiger partial charge is 0.330 e. The van der Waals surface area contributed by atoms with Crippen molar-refractivity contribution in [2.45, 2.75) is 32.2 Å². The molecule has 5 nitrogen and oxygen atoms in total. The van der Waals surface area contributed by atoms with E-state index in [4.69, 9.17) is 18.9 Å². The van der Waals surface area contributed by atoms with E-state index in [-0.39, 0.29) is 18.2 Å². The van der Waals surface area contributed by atoms with Crippen LogP contribution in [0.3, 0.4) is 0 Å². The van der Waals surface area contributed by atoms with E-state index in [2.05, 4.69) is 0 Å². The van der Waals surface area contributed by atoms with Crippen LogP contribution in [0.5, 0.6) is 5.75 Å². The van der Waals surface area contributed by atoms with Gasteiger partial charge in [0.25, 0.3) is 0 Å². The molecule has 2 rings (SSSR count). The number of ether oxygens (including phenoxy) is 4. The van der Waals surface area contributed by atoms with Crippen molar-refractivity contribution in [1.29, 1.82) is 0 Å². The van der Waals surface area contributed by atoms with Crippen LogP contribution >= 0.6 is 0 Å². The predicted molar refractivity (Wildman–Crippen MR) is 81.7 cm³/mol. The first-order valence-corrected chi connectivity index (χ1v) is 7.44. The lowest BCUT2D eigenvalue weighted by Gasteiger charge is -2.04. The first-order valence-electron chi connectivity index (χ1n) is 7.44. The second kappa shape index (κ2) is 8.56. The van der Waals surface area contributed by atoms with Crippen LogP contribution in [0.15, 0.2) is 36.4 Å². The van der Waals surface area contributed by atoms with Gasteiger partial charge < -0.3 is 18.9 Å². The van der Waals surface area contributed by atoms with Gasteiger partial charge in [-0.25, -0.2) is 4.79 Å². The molecule has 5 heteroatoms. The van der Waals surface area contributed by atoms with Gasteiger partial charge in [0.1, 0.15) is 11.9 Å². The summed E-state index contributed by atoms with van der Waals surface area (Å²) in [7, 11) is 1.65. The lowest BCUT2D eigenvalue weighted by Crippen LogP contribution is -2.02. The van der Waals surface area contributed by atoms with Crippen LogP contribution in [0.25, 0.3) is 0 Å². The molecule has 0 amide bonds. The monoisotopic (exact) mass is 306 g/mol. The normalized spacial score (nSPS) is 20.1. The number of hydrogen-bond acceptors (Lipinski definition) is 5. The summed E-state index contributed by atoms with van der Waals surface area (Å²) in [5.41, 5.74) is 1.11. The zero-order valence-electron chi connectivity index (χ0n) is 13.0. The molecule has 22 heavy (non-hydrogen) atoms. The highest BCUT2D eigenvalue weighted by atomic mass is 16.6. The van der Waals surface area contributed by atoms with Gasteiger partial charge in [-0.1, -0.05) is 12.1 Å². The number of carbonyl (C=O) groups excluding carboxylic acids is 1. The third-order valence-electron chi connectivity index (χ3n) is 3.30. The standard InChI is InChI=1S/C17H22O5/c1-3-21-17(18)9-8-15-16(22-15)10-11-20-12-13-4-6-14(19-2)7-5-13/h4-9,15-16H,3,10-12H2,1-2H3/b9-8+/t15-,16-/m0/s1. The molecular formula is C17H22O5. The summed E-state index contributed by atoms with van der Waals surface area (Å²) in [4.78, 5) is 11.1. The Labute approximate surface area is 130 Å². The molecule has 120 valence electrons. The second-order valence-corrected chi connectivity index (χ2v) is 4.94. The van der Waals surface area contributed by atoms with Crippen LogP contribution in [0.2, 0.25) is 0 Å². The third-order valence-corrected chi connectivity index (χ3v) is 3.30. The van der Waals surface area contributed by atoms with Crippen molar-refractivity contribution >= 4 is 5.97 Å². The molecule has 1 aliphatic heterocycles. The maximum Gasteiger partial charge on any atom is 0.330 e. The highest BCUT2D eigenvalue weighted by molar-refractivity contribution is 5.82. The van der Waals surface area contributed by atoms with Gasteiger partial charge in [-0.15, -0.1) is 0 Å². The first-order chi connectivity index (χ1) is 10.7. The molecule has 0 saturated carbocycles. The minimum absolute atomic E-state index is 0.00833. The molecule has 1 heterocycles. The number of carbonyl (C=O) groups is 1. The minimum atomic E-state index is -0.326. The summed E-state index contributed by atoms with van der Waals surface area (Å²) in [5.74, 6) is 0.513. The van der Waals surface area contributed by atoms with Crippen molar-refractivity contribution in [3.63, 3.8) is 0 Å². The Morgan fingerprint density at radius 2 is 2.09 bits per heavy atom. The van der Waals surface area contributed by atoms with E-state index in [1.165, 1.54) is 6.08 Å². The Kier molecular flexibility index (Phi) is 6.43. The van der Waals surface area contributed by atoms with Crippen molar-refractivity contribution in [1.82, 2.24) is 0 Å². The van der Waals surface area contributed by atoms with Gasteiger partial charge >= 0.3 is 5.97 Å². The quantitative estimate of drug-likeness (QED) is 0.304. The largest absolute Gasteiger partial charge is 0.497 e. The second-order valence-electron chi connectivity index (χ2n) is 4.94. The molecular weight excluding hydrogens is 284 g/mol. The number of esters is 1. The van der Waals surface area contributed by atoms with Gasteiger partial charge in [0.2, 0.25) is 0 Å². The first kappa shape index (κ1) is 16.5. The zero-order chi connectivity index (χ0) is 15.8. The molecule has 2 atom stereocenters. The molecule has 0 aromatic heterocycles. The molecule has 0 radical (unpaired) electrons. The van der Waals surface area contributed by atoms with E-state index >= 15 is 0 Å². The fraction of sp³-hybridized carbons (Fsp3) is 0.471. The fourth-order valence-electron chi connectivity index (χ4n) is 2.03. The van der Waals surface area contributed by atoms with E-state index in [1.807, 2.05) is 24.3 Å². The minimum Gasteiger partial charge on any atom is -0.497 e. The van der Waals surface area contributed by atoms with Crippen LogP contribution in [0.1, 0.15) is 18.9 Å². The van der Waals surface area contributed by atoms with Gasteiger partial charge in [0, 0.05) is 12.7 Å². The molecule has 1 aliphatic rings. The Balaban J connectivity index is 1.57. The van der Waals surface area contributed by atoms with Crippen LogP contribution in [-0.2, 0) is 25.6 Å². The molecule has 0 aliphatic carbocycles. The van der Waals surface area contributed by atoms with Crippen LogP contribution in [0.4, 0.5) is 0 Å². The highest BCUT2D eigenvalue weighted by Gasteiger charge is 2.35. The molecule has 0 spiro atoms. The van der Waals surface area contributed by atoms with Crippen LogP contribution < -0.4 is 4.74 Å². The Bertz CT molecular complexity index is 494. The molecule has 1 fully saturated rings. The molecule has 0 N–H and O–H groups in total. The summed E-state index contributed by atoms with van der Waals surface area (Å²) in [6, 6.07) is 7.80. The summed E-state index contributed by atoms with van der Waals surface area (Å²) in [6.45, 7) is 3.36. The maximum absolute atomic E-state index is 11.1. The molecule has 1 aromatic rings. The van der Waals surface area contributed by atoms with E-state index in [9.17, 15) is 4.79 Å². The summed E-state index contributed by atoms with van der Waals surface area (Å²) in [5, 5.41) is 0. The zero-order valence-corrected chi connectivity index (χ0v) is 13.0. The maximum atomic E-state index is 11.1. The third kappa shape index (κ3) is 5.50. The molecule has 0 bridgehead atoms. The van der Waals surface area contributed by atoms with Crippen molar-refractivity contribution in [3.8, 4) is 5.75 Å². The topological polar surface area (TPSA) is 57.3 Å². The average molecular weight is 306 g/mol. The Morgan fingerprint density at radius 1 is 1.32 bits per heavy atom. The number of rotatable bonds is 9. The number of methoxy groups -OCH3 is 1. The van der Waals surface area contributed by atoms with E-state index in [0.29, 0.717) is 19.8 Å². The summed E-state index contributed by atoms with van der Waals surface area (Å²) < 4.78 is 21.0. The molecule has 1 aromatic carbocycles. The lowest BCUT2D eigenvalue weighted by molar-refractivity contribution is -0.137.